The van der Waals surface area contributed by atoms with Gasteiger partial charge >= 0.3 is 0 Å². The highest BCUT2D eigenvalue weighted by atomic mass is 35.5. The molecule has 1 atom stereocenters. The zero-order valence-corrected chi connectivity index (χ0v) is 13.6. The van der Waals surface area contributed by atoms with Crippen LogP contribution in [-0.2, 0) is 0 Å². The summed E-state index contributed by atoms with van der Waals surface area (Å²) in [5.41, 5.74) is 3.60. The molecule has 0 saturated heterocycles. The fourth-order valence-corrected chi connectivity index (χ4v) is 2.70. The van der Waals surface area contributed by atoms with E-state index in [0.717, 1.165) is 18.5 Å². The Morgan fingerprint density at radius 2 is 1.95 bits per heavy atom. The van der Waals surface area contributed by atoms with Gasteiger partial charge in [0.1, 0.15) is 5.75 Å². The molecule has 21 heavy (non-hydrogen) atoms. The average molecular weight is 304 g/mol. The van der Waals surface area contributed by atoms with Gasteiger partial charge in [0.2, 0.25) is 0 Å². The van der Waals surface area contributed by atoms with E-state index in [1.54, 1.807) is 7.11 Å². The third-order valence-corrected chi connectivity index (χ3v) is 3.89. The summed E-state index contributed by atoms with van der Waals surface area (Å²) in [6.45, 7) is 5.38. The standard InChI is InChI=1S/C18H22ClNO/c1-4-11-20-13(2)15-7-5-6-8-16(15)14-9-10-18(21-3)17(19)12-14/h5-10,12-13,20H,4,11H2,1-3H3. The number of hydrogen-bond donors (Lipinski definition) is 1. The van der Waals surface area contributed by atoms with Gasteiger partial charge in [0.15, 0.2) is 0 Å². The van der Waals surface area contributed by atoms with Gasteiger partial charge in [-0.05, 0) is 48.7 Å². The molecule has 0 bridgehead atoms. The van der Waals surface area contributed by atoms with Crippen molar-refractivity contribution in [2.45, 2.75) is 26.3 Å². The Bertz CT molecular complexity index is 598. The highest BCUT2D eigenvalue weighted by molar-refractivity contribution is 6.32. The monoisotopic (exact) mass is 303 g/mol. The summed E-state index contributed by atoms with van der Waals surface area (Å²) in [5.74, 6) is 0.704. The Morgan fingerprint density at radius 1 is 1.19 bits per heavy atom. The van der Waals surface area contributed by atoms with Gasteiger partial charge < -0.3 is 10.1 Å². The van der Waals surface area contributed by atoms with E-state index in [9.17, 15) is 0 Å². The Balaban J connectivity index is 2.37. The van der Waals surface area contributed by atoms with Crippen molar-refractivity contribution >= 4 is 11.6 Å². The lowest BCUT2D eigenvalue weighted by atomic mass is 9.95. The van der Waals surface area contributed by atoms with Crippen LogP contribution in [0.25, 0.3) is 11.1 Å². The number of ether oxygens (including phenoxy) is 1. The van der Waals surface area contributed by atoms with Crippen molar-refractivity contribution in [1.82, 2.24) is 5.32 Å². The highest BCUT2D eigenvalue weighted by Gasteiger charge is 2.12. The number of methoxy groups -OCH3 is 1. The second-order valence-corrected chi connectivity index (χ2v) is 5.52. The molecule has 0 aliphatic rings. The van der Waals surface area contributed by atoms with Crippen LogP contribution < -0.4 is 10.1 Å². The Kier molecular flexibility index (Phi) is 5.66. The van der Waals surface area contributed by atoms with Crippen molar-refractivity contribution in [2.24, 2.45) is 0 Å². The van der Waals surface area contributed by atoms with Gasteiger partial charge in [-0.25, -0.2) is 0 Å². The van der Waals surface area contributed by atoms with E-state index >= 15 is 0 Å². The number of benzene rings is 2. The van der Waals surface area contributed by atoms with E-state index in [0.29, 0.717) is 16.8 Å². The molecule has 0 radical (unpaired) electrons. The van der Waals surface area contributed by atoms with E-state index in [4.69, 9.17) is 16.3 Å². The van der Waals surface area contributed by atoms with Crippen molar-refractivity contribution < 1.29 is 4.74 Å². The van der Waals surface area contributed by atoms with Gasteiger partial charge in [-0.3, -0.25) is 0 Å². The van der Waals surface area contributed by atoms with Crippen molar-refractivity contribution in [3.05, 3.63) is 53.1 Å². The van der Waals surface area contributed by atoms with Crippen molar-refractivity contribution in [2.75, 3.05) is 13.7 Å². The van der Waals surface area contributed by atoms with Gasteiger partial charge in [0.25, 0.3) is 0 Å². The van der Waals surface area contributed by atoms with Crippen molar-refractivity contribution in [3.8, 4) is 16.9 Å². The fourth-order valence-electron chi connectivity index (χ4n) is 2.44. The van der Waals surface area contributed by atoms with Gasteiger partial charge in [-0.2, -0.15) is 0 Å². The topological polar surface area (TPSA) is 21.3 Å². The second-order valence-electron chi connectivity index (χ2n) is 5.11. The van der Waals surface area contributed by atoms with Crippen LogP contribution in [-0.4, -0.2) is 13.7 Å². The SMILES string of the molecule is CCCNC(C)c1ccccc1-c1ccc(OC)c(Cl)c1. The number of rotatable bonds is 6. The first-order chi connectivity index (χ1) is 10.2. The highest BCUT2D eigenvalue weighted by Crippen LogP contribution is 2.33. The first-order valence-electron chi connectivity index (χ1n) is 7.33. The molecule has 1 unspecified atom stereocenters. The molecule has 0 aliphatic carbocycles. The zero-order chi connectivity index (χ0) is 15.2. The molecule has 0 amide bonds. The van der Waals surface area contributed by atoms with Crippen molar-refractivity contribution in [1.29, 1.82) is 0 Å². The number of hydrogen-bond acceptors (Lipinski definition) is 2. The first-order valence-corrected chi connectivity index (χ1v) is 7.71. The summed E-state index contributed by atoms with van der Waals surface area (Å²) in [7, 11) is 1.63. The van der Waals surface area contributed by atoms with Gasteiger partial charge in [-0.15, -0.1) is 0 Å². The minimum absolute atomic E-state index is 0.307. The smallest absolute Gasteiger partial charge is 0.137 e. The minimum atomic E-state index is 0.307. The summed E-state index contributed by atoms with van der Waals surface area (Å²) < 4.78 is 5.22. The van der Waals surface area contributed by atoms with E-state index in [1.807, 2.05) is 12.1 Å². The van der Waals surface area contributed by atoms with Crippen LogP contribution in [0.15, 0.2) is 42.5 Å². The molecule has 0 saturated carbocycles. The maximum Gasteiger partial charge on any atom is 0.137 e. The molecule has 112 valence electrons. The number of halogens is 1. The summed E-state index contributed by atoms with van der Waals surface area (Å²) in [6.07, 6.45) is 1.13. The van der Waals surface area contributed by atoms with Crippen LogP contribution in [0.2, 0.25) is 5.02 Å². The van der Waals surface area contributed by atoms with Crippen LogP contribution in [0.3, 0.4) is 0 Å². The summed E-state index contributed by atoms with van der Waals surface area (Å²) >= 11 is 6.25. The normalized spacial score (nSPS) is 12.2. The summed E-state index contributed by atoms with van der Waals surface area (Å²) in [6, 6.07) is 14.7. The molecule has 0 aromatic heterocycles. The molecular weight excluding hydrogens is 282 g/mol. The predicted octanol–water partition coefficient (Wildman–Crippen LogP) is 5.08. The van der Waals surface area contributed by atoms with Crippen LogP contribution in [0.5, 0.6) is 5.75 Å². The Labute approximate surface area is 132 Å². The fraction of sp³-hybridized carbons (Fsp3) is 0.333. The van der Waals surface area contributed by atoms with Crippen LogP contribution >= 0.6 is 11.6 Å². The molecule has 0 heterocycles. The summed E-state index contributed by atoms with van der Waals surface area (Å²) in [4.78, 5) is 0. The molecule has 2 rings (SSSR count). The maximum atomic E-state index is 6.25. The molecule has 2 nitrogen and oxygen atoms in total. The molecule has 0 spiro atoms. The Morgan fingerprint density at radius 3 is 2.62 bits per heavy atom. The third kappa shape index (κ3) is 3.78. The van der Waals surface area contributed by atoms with E-state index in [-0.39, 0.29) is 0 Å². The van der Waals surface area contributed by atoms with Gasteiger partial charge in [0, 0.05) is 6.04 Å². The largest absolute Gasteiger partial charge is 0.495 e. The van der Waals surface area contributed by atoms with E-state index in [2.05, 4.69) is 49.5 Å². The molecule has 0 fully saturated rings. The Hall–Kier alpha value is -1.51. The van der Waals surface area contributed by atoms with Gasteiger partial charge in [-0.1, -0.05) is 48.9 Å². The maximum absolute atomic E-state index is 6.25. The van der Waals surface area contributed by atoms with Crippen molar-refractivity contribution in [3.63, 3.8) is 0 Å². The lowest BCUT2D eigenvalue weighted by molar-refractivity contribution is 0.415. The van der Waals surface area contributed by atoms with Gasteiger partial charge in [0.05, 0.1) is 12.1 Å². The lowest BCUT2D eigenvalue weighted by Gasteiger charge is -2.18. The summed E-state index contributed by atoms with van der Waals surface area (Å²) in [5, 5.41) is 4.18. The average Bonchev–Trinajstić information content (AvgIpc) is 2.52. The molecule has 0 aliphatic heterocycles. The molecule has 1 N–H and O–H groups in total. The van der Waals surface area contributed by atoms with Crippen LogP contribution in [0.1, 0.15) is 31.9 Å². The molecular formula is C18H22ClNO. The van der Waals surface area contributed by atoms with Crippen LogP contribution in [0, 0.1) is 0 Å². The third-order valence-electron chi connectivity index (χ3n) is 3.59. The quantitative estimate of drug-likeness (QED) is 0.804. The first kappa shape index (κ1) is 15.9. The lowest BCUT2D eigenvalue weighted by Crippen LogP contribution is -2.19. The second kappa shape index (κ2) is 7.48. The molecule has 3 heteroatoms. The zero-order valence-electron chi connectivity index (χ0n) is 12.8. The van der Waals surface area contributed by atoms with E-state index < -0.39 is 0 Å². The molecule has 2 aromatic carbocycles. The minimum Gasteiger partial charge on any atom is -0.495 e. The van der Waals surface area contributed by atoms with E-state index in [1.165, 1.54) is 11.1 Å². The molecule has 2 aromatic rings. The predicted molar refractivity (Wildman–Crippen MR) is 90.1 cm³/mol. The van der Waals surface area contributed by atoms with Crippen LogP contribution in [0.4, 0.5) is 0 Å². The number of nitrogens with one attached hydrogen (secondary N) is 1.